The Morgan fingerprint density at radius 3 is 2.81 bits per heavy atom. The van der Waals surface area contributed by atoms with E-state index in [1.165, 1.54) is 5.56 Å². The second-order valence-electron chi connectivity index (χ2n) is 4.19. The van der Waals surface area contributed by atoms with Crippen LogP contribution in [0.25, 0.3) is 0 Å². The molecule has 1 aromatic carbocycles. The number of rotatable bonds is 3. The van der Waals surface area contributed by atoms with Crippen LogP contribution in [0.1, 0.15) is 11.1 Å². The second-order valence-corrected chi connectivity index (χ2v) is 4.19. The number of Topliss-reactive ketones (excluding diaryl/α,β-unsaturated/α-hetero) is 1. The monoisotopic (exact) mass is 219 g/mol. The first kappa shape index (κ1) is 11.3. The van der Waals surface area contributed by atoms with Gasteiger partial charge in [-0.25, -0.2) is 0 Å². The predicted molar refractivity (Wildman–Crippen MR) is 62.5 cm³/mol. The fraction of sp³-hybridized carbons (Fsp3) is 0.462. The lowest BCUT2D eigenvalue weighted by Gasteiger charge is -2.22. The first-order valence-electron chi connectivity index (χ1n) is 5.66. The van der Waals surface area contributed by atoms with Crippen LogP contribution < -0.4 is 5.32 Å². The molecular formula is C13H17NO2. The number of hydrogen-bond acceptors (Lipinski definition) is 3. The van der Waals surface area contributed by atoms with Gasteiger partial charge in [-0.05, 0) is 12.5 Å². The van der Waals surface area contributed by atoms with Crippen molar-refractivity contribution in [3.8, 4) is 0 Å². The van der Waals surface area contributed by atoms with Crippen molar-refractivity contribution in [2.75, 3.05) is 19.7 Å². The molecule has 86 valence electrons. The molecule has 1 atom stereocenters. The number of hydrogen-bond donors (Lipinski definition) is 1. The molecule has 1 aliphatic rings. The van der Waals surface area contributed by atoms with E-state index in [9.17, 15) is 4.79 Å². The van der Waals surface area contributed by atoms with Crippen molar-refractivity contribution in [3.63, 3.8) is 0 Å². The van der Waals surface area contributed by atoms with Crippen LogP contribution in [0.2, 0.25) is 0 Å². The molecule has 0 amide bonds. The van der Waals surface area contributed by atoms with Gasteiger partial charge in [0.05, 0.1) is 6.61 Å². The fourth-order valence-corrected chi connectivity index (χ4v) is 1.79. The highest BCUT2D eigenvalue weighted by Crippen LogP contribution is 2.07. The van der Waals surface area contributed by atoms with E-state index >= 15 is 0 Å². The van der Waals surface area contributed by atoms with Crippen LogP contribution in [-0.2, 0) is 16.0 Å². The zero-order valence-corrected chi connectivity index (χ0v) is 9.53. The van der Waals surface area contributed by atoms with Crippen molar-refractivity contribution in [3.05, 3.63) is 35.4 Å². The standard InChI is InChI=1S/C13H17NO2/c1-10-2-4-11(5-3-10)8-12(15)13-9-14-6-7-16-13/h2-5,13-14H,6-9H2,1H3. The van der Waals surface area contributed by atoms with Crippen LogP contribution in [0.4, 0.5) is 0 Å². The summed E-state index contributed by atoms with van der Waals surface area (Å²) in [6, 6.07) is 8.07. The van der Waals surface area contributed by atoms with E-state index < -0.39 is 0 Å². The predicted octanol–water partition coefficient (Wildman–Crippen LogP) is 1.10. The van der Waals surface area contributed by atoms with E-state index in [1.807, 2.05) is 31.2 Å². The Morgan fingerprint density at radius 1 is 1.44 bits per heavy atom. The maximum absolute atomic E-state index is 11.9. The van der Waals surface area contributed by atoms with Crippen molar-refractivity contribution in [1.82, 2.24) is 5.32 Å². The third kappa shape index (κ3) is 2.90. The molecular weight excluding hydrogens is 202 g/mol. The van der Waals surface area contributed by atoms with Gasteiger partial charge in [0.1, 0.15) is 6.10 Å². The molecule has 1 heterocycles. The highest BCUT2D eigenvalue weighted by molar-refractivity contribution is 5.85. The number of benzene rings is 1. The fourth-order valence-electron chi connectivity index (χ4n) is 1.79. The highest BCUT2D eigenvalue weighted by atomic mass is 16.5. The van der Waals surface area contributed by atoms with E-state index in [0.717, 1.165) is 12.1 Å². The Hall–Kier alpha value is -1.19. The van der Waals surface area contributed by atoms with Gasteiger partial charge in [-0.3, -0.25) is 4.79 Å². The van der Waals surface area contributed by atoms with Gasteiger partial charge in [0.2, 0.25) is 0 Å². The summed E-state index contributed by atoms with van der Waals surface area (Å²) in [7, 11) is 0. The number of carbonyl (C=O) groups excluding carboxylic acids is 1. The third-order valence-electron chi connectivity index (χ3n) is 2.79. The molecule has 0 aliphatic carbocycles. The Kier molecular flexibility index (Phi) is 3.70. The van der Waals surface area contributed by atoms with Gasteiger partial charge < -0.3 is 10.1 Å². The van der Waals surface area contributed by atoms with E-state index in [4.69, 9.17) is 4.74 Å². The molecule has 1 aromatic rings. The molecule has 1 unspecified atom stereocenters. The number of ether oxygens (including phenoxy) is 1. The summed E-state index contributed by atoms with van der Waals surface area (Å²) in [6.45, 7) is 4.16. The number of nitrogens with one attached hydrogen (secondary N) is 1. The minimum Gasteiger partial charge on any atom is -0.368 e. The molecule has 1 fully saturated rings. The highest BCUT2D eigenvalue weighted by Gasteiger charge is 2.21. The molecule has 0 bridgehead atoms. The molecule has 1 saturated heterocycles. The summed E-state index contributed by atoms with van der Waals surface area (Å²) in [5.74, 6) is 0.163. The van der Waals surface area contributed by atoms with Crippen molar-refractivity contribution in [1.29, 1.82) is 0 Å². The summed E-state index contributed by atoms with van der Waals surface area (Å²) in [5.41, 5.74) is 2.27. The summed E-state index contributed by atoms with van der Waals surface area (Å²) < 4.78 is 5.42. The molecule has 0 radical (unpaired) electrons. The Morgan fingerprint density at radius 2 is 2.19 bits per heavy atom. The normalized spacial score (nSPS) is 20.7. The number of ketones is 1. The lowest BCUT2D eigenvalue weighted by molar-refractivity contribution is -0.131. The Bertz CT molecular complexity index is 353. The third-order valence-corrected chi connectivity index (χ3v) is 2.79. The zero-order chi connectivity index (χ0) is 11.4. The molecule has 0 aromatic heterocycles. The van der Waals surface area contributed by atoms with Crippen molar-refractivity contribution in [2.24, 2.45) is 0 Å². The summed E-state index contributed by atoms with van der Waals surface area (Å²) in [6.07, 6.45) is 0.196. The maximum atomic E-state index is 11.9. The van der Waals surface area contributed by atoms with Gasteiger partial charge in [0, 0.05) is 19.5 Å². The van der Waals surface area contributed by atoms with Gasteiger partial charge in [0.15, 0.2) is 5.78 Å². The number of carbonyl (C=O) groups is 1. The average molecular weight is 219 g/mol. The second kappa shape index (κ2) is 5.23. The SMILES string of the molecule is Cc1ccc(CC(=O)C2CNCCO2)cc1. The Labute approximate surface area is 95.8 Å². The van der Waals surface area contributed by atoms with E-state index in [0.29, 0.717) is 19.6 Å². The molecule has 1 N–H and O–H groups in total. The van der Waals surface area contributed by atoms with Crippen LogP contribution in [0.15, 0.2) is 24.3 Å². The van der Waals surface area contributed by atoms with Crippen LogP contribution >= 0.6 is 0 Å². The minimum atomic E-state index is -0.268. The lowest BCUT2D eigenvalue weighted by Crippen LogP contribution is -2.43. The van der Waals surface area contributed by atoms with Crippen LogP contribution in [0.5, 0.6) is 0 Å². The van der Waals surface area contributed by atoms with Crippen molar-refractivity contribution in [2.45, 2.75) is 19.4 Å². The Balaban J connectivity index is 1.93. The molecule has 16 heavy (non-hydrogen) atoms. The van der Waals surface area contributed by atoms with Gasteiger partial charge in [0.25, 0.3) is 0 Å². The topological polar surface area (TPSA) is 38.3 Å². The largest absolute Gasteiger partial charge is 0.368 e. The number of aryl methyl sites for hydroxylation is 1. The smallest absolute Gasteiger partial charge is 0.167 e. The summed E-state index contributed by atoms with van der Waals surface area (Å²) >= 11 is 0. The molecule has 0 saturated carbocycles. The summed E-state index contributed by atoms with van der Waals surface area (Å²) in [4.78, 5) is 11.9. The molecule has 3 nitrogen and oxygen atoms in total. The lowest BCUT2D eigenvalue weighted by atomic mass is 10.0. The minimum absolute atomic E-state index is 0.163. The van der Waals surface area contributed by atoms with Crippen molar-refractivity contribution >= 4 is 5.78 Å². The van der Waals surface area contributed by atoms with Gasteiger partial charge in [-0.2, -0.15) is 0 Å². The van der Waals surface area contributed by atoms with Crippen molar-refractivity contribution < 1.29 is 9.53 Å². The van der Waals surface area contributed by atoms with E-state index in [-0.39, 0.29) is 11.9 Å². The first-order chi connectivity index (χ1) is 7.75. The van der Waals surface area contributed by atoms with Gasteiger partial charge >= 0.3 is 0 Å². The van der Waals surface area contributed by atoms with Crippen LogP contribution in [0.3, 0.4) is 0 Å². The number of morpholine rings is 1. The van der Waals surface area contributed by atoms with Crippen LogP contribution in [-0.4, -0.2) is 31.6 Å². The van der Waals surface area contributed by atoms with E-state index in [1.54, 1.807) is 0 Å². The van der Waals surface area contributed by atoms with Gasteiger partial charge in [-0.1, -0.05) is 29.8 Å². The first-order valence-corrected chi connectivity index (χ1v) is 5.66. The van der Waals surface area contributed by atoms with Gasteiger partial charge in [-0.15, -0.1) is 0 Å². The quantitative estimate of drug-likeness (QED) is 0.827. The molecule has 0 spiro atoms. The van der Waals surface area contributed by atoms with Crippen LogP contribution in [0, 0.1) is 6.92 Å². The maximum Gasteiger partial charge on any atom is 0.167 e. The average Bonchev–Trinajstić information content (AvgIpc) is 2.33. The molecule has 2 rings (SSSR count). The molecule has 3 heteroatoms. The van der Waals surface area contributed by atoms with E-state index in [2.05, 4.69) is 5.32 Å². The zero-order valence-electron chi connectivity index (χ0n) is 9.53. The molecule has 1 aliphatic heterocycles. The summed E-state index contributed by atoms with van der Waals surface area (Å²) in [5, 5.41) is 3.16.